The third-order valence-electron chi connectivity index (χ3n) is 3.91. The van der Waals surface area contributed by atoms with E-state index in [1.54, 1.807) is 36.7 Å². The lowest BCUT2D eigenvalue weighted by Crippen LogP contribution is -2.02. The summed E-state index contributed by atoms with van der Waals surface area (Å²) in [6.45, 7) is 1.81. The fraction of sp³-hybridized carbons (Fsp3) is 0.200. The third-order valence-corrected chi connectivity index (χ3v) is 4.15. The molecule has 3 aromatic rings. The van der Waals surface area contributed by atoms with Crippen molar-refractivity contribution in [3.8, 4) is 11.3 Å². The number of halogens is 1. The predicted octanol–water partition coefficient (Wildman–Crippen LogP) is 5.27. The lowest BCUT2D eigenvalue weighted by Gasteiger charge is -2.07. The maximum absolute atomic E-state index is 10.6. The van der Waals surface area contributed by atoms with E-state index in [1.807, 2.05) is 25.1 Å². The first-order chi connectivity index (χ1) is 14.0. The van der Waals surface area contributed by atoms with Crippen LogP contribution in [-0.2, 0) is 4.79 Å². The maximum atomic E-state index is 10.6. The molecule has 2 N–H and O–H groups in total. The van der Waals surface area contributed by atoms with Gasteiger partial charge in [-0.1, -0.05) is 17.7 Å². The van der Waals surface area contributed by atoms with Crippen molar-refractivity contribution in [1.82, 2.24) is 15.0 Å². The van der Waals surface area contributed by atoms with E-state index in [1.165, 1.54) is 0 Å². The molecule has 3 rings (SSSR count). The summed E-state index contributed by atoms with van der Waals surface area (Å²) in [5.41, 5.74) is 2.29. The largest absolute Gasteiger partial charge is 0.481 e. The number of rotatable bonds is 8. The Kier molecular flexibility index (Phi) is 6.80. The highest BCUT2D eigenvalue weighted by Crippen LogP contribution is 2.23. The summed E-state index contributed by atoms with van der Waals surface area (Å²) in [5.74, 6) is 0.0119. The van der Waals surface area contributed by atoms with Crippen molar-refractivity contribution in [2.75, 3.05) is 5.32 Å². The zero-order valence-electron chi connectivity index (χ0n) is 15.7. The van der Waals surface area contributed by atoms with Crippen LogP contribution in [0.15, 0.2) is 65.1 Å². The highest BCUT2D eigenvalue weighted by atomic mass is 35.5. The number of carbonyl (C=O) groups is 1. The lowest BCUT2D eigenvalue weighted by atomic mass is 10.2. The lowest BCUT2D eigenvalue weighted by molar-refractivity contribution is -0.137. The molecular weight excluding hydrogens is 392 g/mol. The zero-order chi connectivity index (χ0) is 20.6. The van der Waals surface area contributed by atoms with Crippen LogP contribution in [0.4, 0.5) is 17.5 Å². The van der Waals surface area contributed by atoms with Crippen molar-refractivity contribution in [1.29, 1.82) is 0 Å². The number of azo groups is 1. The minimum Gasteiger partial charge on any atom is -0.481 e. The van der Waals surface area contributed by atoms with Crippen LogP contribution in [0.25, 0.3) is 11.3 Å². The Morgan fingerprint density at radius 3 is 2.83 bits per heavy atom. The van der Waals surface area contributed by atoms with E-state index in [0.29, 0.717) is 28.9 Å². The van der Waals surface area contributed by atoms with Gasteiger partial charge in [-0.2, -0.15) is 5.11 Å². The van der Waals surface area contributed by atoms with E-state index in [0.717, 1.165) is 11.3 Å². The monoisotopic (exact) mass is 410 g/mol. The van der Waals surface area contributed by atoms with Crippen molar-refractivity contribution in [3.05, 3.63) is 59.9 Å². The van der Waals surface area contributed by atoms with E-state index >= 15 is 0 Å². The summed E-state index contributed by atoms with van der Waals surface area (Å²) in [7, 11) is 0. The van der Waals surface area contributed by atoms with Crippen molar-refractivity contribution in [2.24, 2.45) is 10.2 Å². The fourth-order valence-electron chi connectivity index (χ4n) is 2.46. The Bertz CT molecular complexity index is 1030. The molecule has 0 bridgehead atoms. The van der Waals surface area contributed by atoms with E-state index in [-0.39, 0.29) is 12.5 Å². The number of benzene rings is 1. The second-order valence-corrected chi connectivity index (χ2v) is 6.74. The molecule has 0 aliphatic heterocycles. The number of nitrogens with one attached hydrogen (secondary N) is 1. The van der Waals surface area contributed by atoms with E-state index in [4.69, 9.17) is 16.7 Å². The summed E-state index contributed by atoms with van der Waals surface area (Å²) in [4.78, 5) is 23.6. The topological polar surface area (TPSA) is 113 Å². The van der Waals surface area contributed by atoms with Gasteiger partial charge in [-0.15, -0.1) is 5.11 Å². The van der Waals surface area contributed by atoms with Crippen LogP contribution in [0.3, 0.4) is 0 Å². The number of aromatic nitrogens is 3. The van der Waals surface area contributed by atoms with Crippen molar-refractivity contribution in [3.63, 3.8) is 0 Å². The molecule has 1 aromatic carbocycles. The van der Waals surface area contributed by atoms with Crippen molar-refractivity contribution in [2.45, 2.75) is 25.8 Å². The normalized spacial score (nSPS) is 12.1. The molecular formula is C20H19ClN6O2. The summed E-state index contributed by atoms with van der Waals surface area (Å²) >= 11 is 6.01. The molecule has 0 amide bonds. The predicted molar refractivity (Wildman–Crippen MR) is 111 cm³/mol. The highest BCUT2D eigenvalue weighted by molar-refractivity contribution is 6.30. The molecule has 0 radical (unpaired) electrons. The highest BCUT2D eigenvalue weighted by Gasteiger charge is 2.06. The van der Waals surface area contributed by atoms with Gasteiger partial charge < -0.3 is 10.4 Å². The van der Waals surface area contributed by atoms with Crippen LogP contribution in [0.1, 0.15) is 19.8 Å². The van der Waals surface area contributed by atoms with Gasteiger partial charge in [-0.3, -0.25) is 4.79 Å². The molecule has 9 heteroatoms. The summed E-state index contributed by atoms with van der Waals surface area (Å²) in [6.07, 6.45) is 3.75. The molecule has 2 heterocycles. The Morgan fingerprint density at radius 2 is 2.03 bits per heavy atom. The third kappa shape index (κ3) is 6.32. The van der Waals surface area contributed by atoms with Gasteiger partial charge in [0.1, 0.15) is 0 Å². The number of hydrogen-bond donors (Lipinski definition) is 2. The molecule has 0 aliphatic carbocycles. The van der Waals surface area contributed by atoms with Gasteiger partial charge in [0.2, 0.25) is 5.95 Å². The van der Waals surface area contributed by atoms with Gasteiger partial charge in [0.25, 0.3) is 0 Å². The van der Waals surface area contributed by atoms with Gasteiger partial charge in [0.15, 0.2) is 5.82 Å². The first-order valence-corrected chi connectivity index (χ1v) is 9.32. The summed E-state index contributed by atoms with van der Waals surface area (Å²) in [6, 6.07) is 12.5. The minimum absolute atomic E-state index is 0.0526. The quantitative estimate of drug-likeness (QED) is 0.489. The van der Waals surface area contributed by atoms with Gasteiger partial charge in [0, 0.05) is 35.1 Å². The molecule has 2 aromatic heterocycles. The van der Waals surface area contributed by atoms with Crippen LogP contribution in [0.2, 0.25) is 5.02 Å². The number of aliphatic carboxylic acids is 1. The van der Waals surface area contributed by atoms with Crippen LogP contribution in [-0.4, -0.2) is 32.1 Å². The van der Waals surface area contributed by atoms with Crippen LogP contribution in [0.5, 0.6) is 0 Å². The molecule has 0 spiro atoms. The molecule has 0 saturated carbocycles. The average molecular weight is 411 g/mol. The van der Waals surface area contributed by atoms with Gasteiger partial charge >= 0.3 is 5.97 Å². The second-order valence-electron chi connectivity index (χ2n) is 6.30. The molecule has 1 atom stereocenters. The molecule has 0 saturated heterocycles. The molecule has 0 fully saturated rings. The minimum atomic E-state index is -0.849. The van der Waals surface area contributed by atoms with Gasteiger partial charge in [-0.25, -0.2) is 15.0 Å². The van der Waals surface area contributed by atoms with Crippen molar-refractivity contribution < 1.29 is 9.90 Å². The number of carboxylic acids is 1. The molecule has 148 valence electrons. The van der Waals surface area contributed by atoms with E-state index in [9.17, 15) is 4.79 Å². The Balaban J connectivity index is 1.74. The average Bonchev–Trinajstić information content (AvgIpc) is 2.71. The number of hydrogen-bond acceptors (Lipinski definition) is 7. The molecule has 1 unspecified atom stereocenters. The number of anilines is 2. The van der Waals surface area contributed by atoms with Gasteiger partial charge in [0.05, 0.1) is 11.7 Å². The van der Waals surface area contributed by atoms with E-state index in [2.05, 4.69) is 30.5 Å². The maximum Gasteiger partial charge on any atom is 0.303 e. The smallest absolute Gasteiger partial charge is 0.303 e. The number of pyridine rings is 1. The SMILES string of the molecule is CC(CCC(=O)O)N=Nc1cc(-c2ccnc(Nc3cccc(Cl)c3)n2)ccn1. The Hall–Kier alpha value is -3.39. The fourth-order valence-corrected chi connectivity index (χ4v) is 2.65. The van der Waals surface area contributed by atoms with Crippen LogP contribution in [0, 0.1) is 0 Å². The summed E-state index contributed by atoms with van der Waals surface area (Å²) in [5, 5.41) is 20.7. The zero-order valence-corrected chi connectivity index (χ0v) is 16.4. The number of nitrogens with zero attached hydrogens (tertiary/aromatic N) is 5. The summed E-state index contributed by atoms with van der Waals surface area (Å²) < 4.78 is 0. The van der Waals surface area contributed by atoms with Gasteiger partial charge in [-0.05, 0) is 49.7 Å². The Labute approximate surface area is 172 Å². The molecule has 29 heavy (non-hydrogen) atoms. The molecule has 8 nitrogen and oxygen atoms in total. The standard InChI is InChI=1S/C20H19ClN6O2/c1-13(5-6-19(28)29)26-27-18-11-14(7-9-22-18)17-8-10-23-20(25-17)24-16-4-2-3-15(21)12-16/h2-4,7-13H,5-6H2,1H3,(H,28,29)(H,23,24,25). The van der Waals surface area contributed by atoms with E-state index < -0.39 is 5.97 Å². The van der Waals surface area contributed by atoms with Crippen LogP contribution >= 0.6 is 11.6 Å². The van der Waals surface area contributed by atoms with Crippen molar-refractivity contribution >= 4 is 35.0 Å². The molecule has 0 aliphatic rings. The first kappa shape index (κ1) is 20.3. The first-order valence-electron chi connectivity index (χ1n) is 8.94. The second kappa shape index (κ2) is 9.70. The number of carboxylic acid groups (broad SMARTS) is 1. The van der Waals surface area contributed by atoms with Crippen LogP contribution < -0.4 is 5.32 Å². The Morgan fingerprint density at radius 1 is 1.21 bits per heavy atom.